The van der Waals surface area contributed by atoms with Gasteiger partial charge in [-0.25, -0.2) is 9.97 Å². The Labute approximate surface area is 145 Å². The first-order chi connectivity index (χ1) is 10.2. The van der Waals surface area contributed by atoms with Crippen molar-refractivity contribution >= 4 is 66.5 Å². The fourth-order valence-electron chi connectivity index (χ4n) is 1.42. The number of para-hydroxylation sites is 1. The molecule has 1 heterocycles. The van der Waals surface area contributed by atoms with Crippen LogP contribution >= 0.6 is 55.5 Å². The second-order valence-electron chi connectivity index (χ2n) is 3.65. The first-order valence-corrected chi connectivity index (χ1v) is 9.34. The molecule has 0 aliphatic heterocycles. The quantitative estimate of drug-likeness (QED) is 0.726. The smallest absolute Gasteiger partial charge is 0.227 e. The van der Waals surface area contributed by atoms with Gasteiger partial charge in [0.2, 0.25) is 5.95 Å². The molecule has 0 amide bonds. The fourth-order valence-corrected chi connectivity index (χ4v) is 3.10. The molecule has 0 spiro atoms. The molecule has 1 aromatic heterocycles. The van der Waals surface area contributed by atoms with Gasteiger partial charge in [0, 0.05) is 12.4 Å². The van der Waals surface area contributed by atoms with Crippen molar-refractivity contribution in [1.29, 1.82) is 0 Å². The van der Waals surface area contributed by atoms with Gasteiger partial charge in [0.15, 0.2) is 0 Å². The highest BCUT2D eigenvalue weighted by Gasteiger charge is 2.11. The lowest BCUT2D eigenvalue weighted by atomic mass is 10.3. The number of hydrogen-bond acceptors (Lipinski definition) is 6. The molecule has 0 fully saturated rings. The number of ether oxygens (including phenoxy) is 1. The van der Waals surface area contributed by atoms with Crippen LogP contribution in [-0.2, 0) is 0 Å². The summed E-state index contributed by atoms with van der Waals surface area (Å²) in [6.45, 7) is 0.173. The van der Waals surface area contributed by atoms with Crippen LogP contribution in [0, 0.1) is 0 Å². The SMILES string of the molecule is S=C(COc1c(SCl)cccc1SCl)Nc1ncccn1. The third-order valence-electron chi connectivity index (χ3n) is 2.27. The van der Waals surface area contributed by atoms with Gasteiger partial charge in [0.25, 0.3) is 0 Å². The molecule has 9 heteroatoms. The lowest BCUT2D eigenvalue weighted by Gasteiger charge is -2.13. The van der Waals surface area contributed by atoms with Gasteiger partial charge < -0.3 is 10.1 Å². The van der Waals surface area contributed by atoms with Crippen LogP contribution in [0.5, 0.6) is 5.75 Å². The van der Waals surface area contributed by atoms with E-state index in [4.69, 9.17) is 38.3 Å². The van der Waals surface area contributed by atoms with E-state index in [-0.39, 0.29) is 6.61 Å². The minimum atomic E-state index is 0.173. The van der Waals surface area contributed by atoms with Crippen LogP contribution < -0.4 is 10.1 Å². The van der Waals surface area contributed by atoms with E-state index in [0.29, 0.717) is 16.7 Å². The van der Waals surface area contributed by atoms with Crippen molar-refractivity contribution in [1.82, 2.24) is 9.97 Å². The molecule has 0 bridgehead atoms. The molecule has 0 radical (unpaired) electrons. The minimum Gasteiger partial charge on any atom is -0.484 e. The van der Waals surface area contributed by atoms with Gasteiger partial charge >= 0.3 is 0 Å². The number of benzene rings is 1. The predicted molar refractivity (Wildman–Crippen MR) is 93.6 cm³/mol. The Morgan fingerprint density at radius 3 is 2.33 bits per heavy atom. The Morgan fingerprint density at radius 2 is 1.76 bits per heavy atom. The minimum absolute atomic E-state index is 0.173. The number of aromatic nitrogens is 2. The van der Waals surface area contributed by atoms with Gasteiger partial charge in [0.05, 0.1) is 9.79 Å². The number of halogens is 2. The molecule has 0 aliphatic carbocycles. The van der Waals surface area contributed by atoms with E-state index < -0.39 is 0 Å². The Bertz CT molecular complexity index is 594. The topological polar surface area (TPSA) is 47.0 Å². The summed E-state index contributed by atoms with van der Waals surface area (Å²) in [6, 6.07) is 7.28. The molecular weight excluding hydrogens is 369 g/mol. The highest BCUT2D eigenvalue weighted by molar-refractivity contribution is 8.21. The lowest BCUT2D eigenvalue weighted by Crippen LogP contribution is -2.19. The number of thiocarbonyl (C=S) groups is 1. The second kappa shape index (κ2) is 8.65. The summed E-state index contributed by atoms with van der Waals surface area (Å²) in [5.41, 5.74) is 0. The molecule has 1 aromatic carbocycles. The van der Waals surface area contributed by atoms with Crippen LogP contribution in [0.25, 0.3) is 0 Å². The van der Waals surface area contributed by atoms with Gasteiger partial charge in [-0.3, -0.25) is 0 Å². The normalized spacial score (nSPS) is 10.2. The maximum absolute atomic E-state index is 5.82. The summed E-state index contributed by atoms with van der Waals surface area (Å²) in [7, 11) is 13.8. The number of nitrogens with one attached hydrogen (secondary N) is 1. The molecule has 21 heavy (non-hydrogen) atoms. The summed E-state index contributed by atoms with van der Waals surface area (Å²) >= 11 is 5.20. The van der Waals surface area contributed by atoms with E-state index in [9.17, 15) is 0 Å². The number of hydrogen-bond donors (Lipinski definition) is 1. The van der Waals surface area contributed by atoms with E-state index in [1.165, 1.54) is 0 Å². The van der Waals surface area contributed by atoms with Gasteiger partial charge in [-0.2, -0.15) is 0 Å². The predicted octanol–water partition coefficient (Wildman–Crippen LogP) is 4.79. The van der Waals surface area contributed by atoms with Crippen LogP contribution in [0.4, 0.5) is 5.95 Å². The standard InChI is InChI=1S/C12H9Cl2N3OS3/c13-20-8-3-1-4-9(21-14)11(8)18-7-10(19)17-12-15-5-2-6-16-12/h1-6H,7H2,(H,15,16,17,19). The third-order valence-corrected chi connectivity index (χ3v) is 4.47. The van der Waals surface area contributed by atoms with E-state index >= 15 is 0 Å². The molecule has 0 saturated carbocycles. The summed E-state index contributed by atoms with van der Waals surface area (Å²) in [4.78, 5) is 10.1. The number of nitrogens with zero attached hydrogens (tertiary/aromatic N) is 2. The van der Waals surface area contributed by atoms with Crippen molar-refractivity contribution in [3.63, 3.8) is 0 Å². The molecule has 1 N–H and O–H groups in total. The van der Waals surface area contributed by atoms with E-state index in [0.717, 1.165) is 31.7 Å². The number of anilines is 1. The highest BCUT2D eigenvalue weighted by atomic mass is 35.7. The average molecular weight is 378 g/mol. The maximum atomic E-state index is 5.82. The van der Waals surface area contributed by atoms with Crippen molar-refractivity contribution in [2.45, 2.75) is 9.79 Å². The second-order valence-corrected chi connectivity index (χ2v) is 6.25. The summed E-state index contributed by atoms with van der Waals surface area (Å²) in [6.07, 6.45) is 3.25. The largest absolute Gasteiger partial charge is 0.484 e. The lowest BCUT2D eigenvalue weighted by molar-refractivity contribution is 0.360. The molecule has 4 nitrogen and oxygen atoms in total. The number of rotatable bonds is 6. The molecule has 0 aliphatic rings. The first kappa shape index (κ1) is 16.6. The van der Waals surface area contributed by atoms with Crippen LogP contribution in [-0.4, -0.2) is 21.6 Å². The van der Waals surface area contributed by atoms with Crippen LogP contribution in [0.15, 0.2) is 46.5 Å². The zero-order valence-electron chi connectivity index (χ0n) is 10.5. The fraction of sp³-hybridized carbons (Fsp3) is 0.0833. The summed E-state index contributed by atoms with van der Waals surface area (Å²) in [5.74, 6) is 1.04. The molecular formula is C12H9Cl2N3OS3. The zero-order chi connectivity index (χ0) is 15.1. The van der Waals surface area contributed by atoms with Gasteiger partial charge in [-0.05, 0) is 61.5 Å². The van der Waals surface area contributed by atoms with Gasteiger partial charge in [-0.15, -0.1) is 0 Å². The molecule has 110 valence electrons. The Hall–Kier alpha value is -0.730. The highest BCUT2D eigenvalue weighted by Crippen LogP contribution is 2.40. The average Bonchev–Trinajstić information content (AvgIpc) is 2.53. The Morgan fingerprint density at radius 1 is 1.14 bits per heavy atom. The first-order valence-electron chi connectivity index (χ1n) is 5.64. The molecule has 2 aromatic rings. The summed E-state index contributed by atoms with van der Waals surface area (Å²) < 4.78 is 5.71. The van der Waals surface area contributed by atoms with Crippen molar-refractivity contribution in [2.75, 3.05) is 11.9 Å². The molecule has 2 rings (SSSR count). The van der Waals surface area contributed by atoms with Gasteiger partial charge in [0.1, 0.15) is 17.3 Å². The van der Waals surface area contributed by atoms with Crippen LogP contribution in [0.3, 0.4) is 0 Å². The summed E-state index contributed by atoms with van der Waals surface area (Å²) in [5, 5.41) is 2.89. The molecule has 0 saturated heterocycles. The van der Waals surface area contributed by atoms with Crippen LogP contribution in [0.2, 0.25) is 0 Å². The van der Waals surface area contributed by atoms with E-state index in [2.05, 4.69) is 15.3 Å². The maximum Gasteiger partial charge on any atom is 0.227 e. The monoisotopic (exact) mass is 377 g/mol. The van der Waals surface area contributed by atoms with Crippen molar-refractivity contribution in [3.05, 3.63) is 36.7 Å². The molecule has 0 unspecified atom stereocenters. The van der Waals surface area contributed by atoms with Crippen LogP contribution in [0.1, 0.15) is 0 Å². The van der Waals surface area contributed by atoms with Crippen molar-refractivity contribution in [2.24, 2.45) is 0 Å². The van der Waals surface area contributed by atoms with Crippen molar-refractivity contribution in [3.8, 4) is 5.75 Å². The van der Waals surface area contributed by atoms with Crippen molar-refractivity contribution < 1.29 is 4.74 Å². The zero-order valence-corrected chi connectivity index (χ0v) is 14.4. The van der Waals surface area contributed by atoms with E-state index in [1.807, 2.05) is 18.2 Å². The van der Waals surface area contributed by atoms with Gasteiger partial charge in [-0.1, -0.05) is 18.3 Å². The Kier molecular flexibility index (Phi) is 6.85. The molecule has 0 atom stereocenters. The van der Waals surface area contributed by atoms with E-state index in [1.54, 1.807) is 18.5 Å². The third kappa shape index (κ3) is 4.89. The Balaban J connectivity index is 2.01.